The van der Waals surface area contributed by atoms with Crippen molar-refractivity contribution in [1.82, 2.24) is 0 Å². The quantitative estimate of drug-likeness (QED) is 0.878. The van der Waals surface area contributed by atoms with Gasteiger partial charge in [0.1, 0.15) is 5.82 Å². The molecule has 2 nitrogen and oxygen atoms in total. The first kappa shape index (κ1) is 13.4. The molecule has 98 valence electrons. The van der Waals surface area contributed by atoms with Crippen LogP contribution in [0, 0.1) is 11.7 Å². The Hall–Kier alpha value is -1.03. The van der Waals surface area contributed by atoms with Crippen molar-refractivity contribution < 1.29 is 14.3 Å². The van der Waals surface area contributed by atoms with Gasteiger partial charge >= 0.3 is 5.97 Å². The molecule has 1 aliphatic rings. The van der Waals surface area contributed by atoms with Crippen LogP contribution in [0.1, 0.15) is 41.6 Å². The minimum Gasteiger partial charge on any atom is -0.478 e. The lowest BCUT2D eigenvalue weighted by Crippen LogP contribution is -2.03. The lowest BCUT2D eigenvalue weighted by molar-refractivity contribution is 0.0695. The molecule has 0 saturated heterocycles. The average molecular weight is 268 g/mol. The number of carboxylic acids is 1. The number of carbonyl (C=O) groups is 1. The smallest absolute Gasteiger partial charge is 0.336 e. The van der Waals surface area contributed by atoms with Crippen LogP contribution < -0.4 is 0 Å². The van der Waals surface area contributed by atoms with Gasteiger partial charge in [0.05, 0.1) is 5.56 Å². The van der Waals surface area contributed by atoms with Gasteiger partial charge in [-0.1, -0.05) is 18.9 Å². The summed E-state index contributed by atoms with van der Waals surface area (Å²) in [5, 5.41) is 9.03. The van der Waals surface area contributed by atoms with E-state index in [4.69, 9.17) is 5.11 Å². The van der Waals surface area contributed by atoms with E-state index in [0.29, 0.717) is 11.3 Å². The second-order valence-corrected chi connectivity index (χ2v) is 5.80. The highest BCUT2D eigenvalue weighted by Crippen LogP contribution is 2.29. The first-order valence-electron chi connectivity index (χ1n) is 6.26. The van der Waals surface area contributed by atoms with Crippen LogP contribution >= 0.6 is 11.8 Å². The Kier molecular flexibility index (Phi) is 4.64. The number of hydrogen-bond donors (Lipinski definition) is 1. The van der Waals surface area contributed by atoms with Crippen LogP contribution in [-0.2, 0) is 5.75 Å². The van der Waals surface area contributed by atoms with Crippen molar-refractivity contribution in [2.24, 2.45) is 5.92 Å². The van der Waals surface area contributed by atoms with E-state index < -0.39 is 11.8 Å². The molecule has 1 aliphatic carbocycles. The molecule has 2 rings (SSSR count). The first-order valence-corrected chi connectivity index (χ1v) is 7.42. The average Bonchev–Trinajstić information content (AvgIpc) is 2.84. The zero-order chi connectivity index (χ0) is 13.0. The van der Waals surface area contributed by atoms with Crippen LogP contribution in [0.5, 0.6) is 0 Å². The van der Waals surface area contributed by atoms with E-state index in [0.717, 1.165) is 17.7 Å². The highest BCUT2D eigenvalue weighted by atomic mass is 32.2. The third-order valence-corrected chi connectivity index (χ3v) is 4.61. The Morgan fingerprint density at radius 1 is 1.39 bits per heavy atom. The van der Waals surface area contributed by atoms with Gasteiger partial charge in [-0.15, -0.1) is 0 Å². The summed E-state index contributed by atoms with van der Waals surface area (Å²) in [6, 6.07) is 4.02. The van der Waals surface area contributed by atoms with E-state index in [9.17, 15) is 9.18 Å². The Bertz CT molecular complexity index is 428. The van der Waals surface area contributed by atoms with Crippen molar-refractivity contribution in [3.05, 3.63) is 35.1 Å². The van der Waals surface area contributed by atoms with Gasteiger partial charge in [-0.3, -0.25) is 0 Å². The van der Waals surface area contributed by atoms with Gasteiger partial charge in [0.15, 0.2) is 0 Å². The highest BCUT2D eigenvalue weighted by Gasteiger charge is 2.16. The van der Waals surface area contributed by atoms with Gasteiger partial charge in [-0.25, -0.2) is 9.18 Å². The summed E-state index contributed by atoms with van der Waals surface area (Å²) in [5.41, 5.74) is 0.806. The van der Waals surface area contributed by atoms with Crippen molar-refractivity contribution in [1.29, 1.82) is 0 Å². The maximum absolute atomic E-state index is 13.0. The van der Waals surface area contributed by atoms with E-state index in [1.54, 1.807) is 17.8 Å². The van der Waals surface area contributed by atoms with Crippen LogP contribution in [0.2, 0.25) is 0 Å². The molecular formula is C14H17FO2S. The van der Waals surface area contributed by atoms with E-state index in [-0.39, 0.29) is 5.56 Å². The molecule has 0 bridgehead atoms. The maximum Gasteiger partial charge on any atom is 0.336 e. The Labute approximate surface area is 111 Å². The molecule has 0 spiro atoms. The van der Waals surface area contributed by atoms with Gasteiger partial charge in [0.25, 0.3) is 0 Å². The summed E-state index contributed by atoms with van der Waals surface area (Å²) < 4.78 is 13.0. The molecule has 4 heteroatoms. The van der Waals surface area contributed by atoms with E-state index >= 15 is 0 Å². The fourth-order valence-electron chi connectivity index (χ4n) is 2.39. The molecule has 0 aliphatic heterocycles. The van der Waals surface area contributed by atoms with Crippen LogP contribution in [0.3, 0.4) is 0 Å². The lowest BCUT2D eigenvalue weighted by Gasteiger charge is -2.09. The molecule has 0 unspecified atom stereocenters. The molecule has 0 heterocycles. The molecule has 18 heavy (non-hydrogen) atoms. The van der Waals surface area contributed by atoms with E-state index in [1.807, 2.05) is 0 Å². The maximum atomic E-state index is 13.0. The molecule has 0 amide bonds. The third kappa shape index (κ3) is 3.48. The van der Waals surface area contributed by atoms with E-state index in [2.05, 4.69) is 0 Å². The predicted octanol–water partition coefficient (Wildman–Crippen LogP) is 3.95. The number of halogens is 1. The molecule has 0 radical (unpaired) electrons. The highest BCUT2D eigenvalue weighted by molar-refractivity contribution is 7.98. The van der Waals surface area contributed by atoms with Crippen molar-refractivity contribution in [2.45, 2.75) is 31.4 Å². The summed E-state index contributed by atoms with van der Waals surface area (Å²) in [6.45, 7) is 0. The van der Waals surface area contributed by atoms with Crippen molar-refractivity contribution in [3.8, 4) is 0 Å². The summed E-state index contributed by atoms with van der Waals surface area (Å²) in [4.78, 5) is 11.0. The van der Waals surface area contributed by atoms with Gasteiger partial charge in [0, 0.05) is 5.75 Å². The number of aromatic carboxylic acids is 1. The van der Waals surface area contributed by atoms with Crippen LogP contribution in [0.4, 0.5) is 4.39 Å². The third-order valence-electron chi connectivity index (χ3n) is 3.39. The van der Waals surface area contributed by atoms with E-state index in [1.165, 1.54) is 31.7 Å². The topological polar surface area (TPSA) is 37.3 Å². The number of carboxylic acid groups (broad SMARTS) is 1. The summed E-state index contributed by atoms with van der Waals surface area (Å²) in [5.74, 6) is 0.973. The fourth-order valence-corrected chi connectivity index (χ4v) is 3.64. The zero-order valence-electron chi connectivity index (χ0n) is 10.2. The summed E-state index contributed by atoms with van der Waals surface area (Å²) in [7, 11) is 0. The Morgan fingerprint density at radius 3 is 2.78 bits per heavy atom. The molecule has 0 aromatic heterocycles. The van der Waals surface area contributed by atoms with Crippen LogP contribution in [-0.4, -0.2) is 16.8 Å². The van der Waals surface area contributed by atoms with Crippen LogP contribution in [0.15, 0.2) is 18.2 Å². The molecular weight excluding hydrogens is 251 g/mol. The fraction of sp³-hybridized carbons (Fsp3) is 0.500. The number of benzene rings is 1. The Balaban J connectivity index is 1.93. The summed E-state index contributed by atoms with van der Waals surface area (Å²) >= 11 is 1.76. The monoisotopic (exact) mass is 268 g/mol. The predicted molar refractivity (Wildman–Crippen MR) is 71.5 cm³/mol. The minimum absolute atomic E-state index is 0.0916. The number of rotatable bonds is 5. The van der Waals surface area contributed by atoms with Gasteiger partial charge in [-0.05, 0) is 42.2 Å². The second kappa shape index (κ2) is 6.23. The zero-order valence-corrected chi connectivity index (χ0v) is 11.0. The van der Waals surface area contributed by atoms with Crippen molar-refractivity contribution >= 4 is 17.7 Å². The second-order valence-electron chi connectivity index (χ2n) is 4.77. The standard InChI is InChI=1S/C14H17FO2S/c15-12-6-5-11(13(7-12)14(16)17)9-18-8-10-3-1-2-4-10/h5-7,10H,1-4,8-9H2,(H,16,17). The van der Waals surface area contributed by atoms with Crippen molar-refractivity contribution in [3.63, 3.8) is 0 Å². The van der Waals surface area contributed by atoms with Crippen molar-refractivity contribution in [2.75, 3.05) is 5.75 Å². The van der Waals surface area contributed by atoms with Gasteiger partial charge in [0.2, 0.25) is 0 Å². The largest absolute Gasteiger partial charge is 0.478 e. The molecule has 1 saturated carbocycles. The number of thioether (sulfide) groups is 1. The number of hydrogen-bond acceptors (Lipinski definition) is 2. The molecule has 1 aromatic rings. The SMILES string of the molecule is O=C(O)c1cc(F)ccc1CSCC1CCCC1. The molecule has 1 fully saturated rings. The lowest BCUT2D eigenvalue weighted by atomic mass is 10.1. The summed E-state index contributed by atoms with van der Waals surface area (Å²) in [6.07, 6.45) is 5.23. The van der Waals surface area contributed by atoms with Gasteiger partial charge < -0.3 is 5.11 Å². The first-order chi connectivity index (χ1) is 8.66. The Morgan fingerprint density at radius 2 is 2.11 bits per heavy atom. The molecule has 1 N–H and O–H groups in total. The molecule has 0 atom stereocenters. The molecule has 1 aromatic carbocycles. The van der Waals surface area contributed by atoms with Crippen LogP contribution in [0.25, 0.3) is 0 Å². The minimum atomic E-state index is -1.05. The normalized spacial score (nSPS) is 16.1. The van der Waals surface area contributed by atoms with Gasteiger partial charge in [-0.2, -0.15) is 11.8 Å².